The molecule has 1 atom stereocenters. The first-order valence-corrected chi connectivity index (χ1v) is 12.0. The fourth-order valence-electron chi connectivity index (χ4n) is 4.26. The van der Waals surface area contributed by atoms with E-state index in [-0.39, 0.29) is 5.91 Å². The fraction of sp³-hybridized carbons (Fsp3) is 0.160. The topological polar surface area (TPSA) is 109 Å². The summed E-state index contributed by atoms with van der Waals surface area (Å²) < 4.78 is 1.92. The van der Waals surface area contributed by atoms with Crippen molar-refractivity contribution in [2.24, 2.45) is 0 Å². The molecule has 1 saturated heterocycles. The van der Waals surface area contributed by atoms with Gasteiger partial charge in [-0.3, -0.25) is 9.20 Å². The van der Waals surface area contributed by atoms with Crippen LogP contribution >= 0.6 is 11.3 Å². The van der Waals surface area contributed by atoms with E-state index in [2.05, 4.69) is 20.3 Å². The number of likely N-dealkylation sites (N-methyl/N-ethyl adjacent to an activating group) is 1. The molecule has 0 saturated carbocycles. The van der Waals surface area contributed by atoms with E-state index in [4.69, 9.17) is 4.98 Å². The first-order chi connectivity index (χ1) is 17.0. The molecule has 0 aliphatic carbocycles. The molecule has 0 spiro atoms. The van der Waals surface area contributed by atoms with Crippen molar-refractivity contribution in [3.63, 3.8) is 0 Å². The summed E-state index contributed by atoms with van der Waals surface area (Å²) in [4.78, 5) is 32.2. The lowest BCUT2D eigenvalue weighted by molar-refractivity contribution is -0.143. The number of fused-ring (bicyclic) bond motifs is 1. The van der Waals surface area contributed by atoms with Gasteiger partial charge in [-0.1, -0.05) is 24.3 Å². The minimum atomic E-state index is -1.49. The normalized spacial score (nSPS) is 17.9. The maximum Gasteiger partial charge on any atom is 0.258 e. The second kappa shape index (κ2) is 8.26. The Hall–Kier alpha value is -4.15. The molecule has 0 unspecified atom stereocenters. The maximum absolute atomic E-state index is 12.5. The van der Waals surface area contributed by atoms with Crippen LogP contribution in [-0.4, -0.2) is 53.8 Å². The van der Waals surface area contributed by atoms with Gasteiger partial charge in [0.1, 0.15) is 22.2 Å². The maximum atomic E-state index is 12.5. The molecule has 2 N–H and O–H groups in total. The van der Waals surface area contributed by atoms with Gasteiger partial charge in [0.25, 0.3) is 5.91 Å². The molecule has 0 radical (unpaired) electrons. The van der Waals surface area contributed by atoms with Crippen molar-refractivity contribution in [2.45, 2.75) is 12.0 Å². The van der Waals surface area contributed by atoms with Crippen molar-refractivity contribution >= 4 is 34.7 Å². The number of nitrogens with one attached hydrogen (secondary N) is 1. The summed E-state index contributed by atoms with van der Waals surface area (Å²) in [6.45, 7) is 0.528. The van der Waals surface area contributed by atoms with Crippen LogP contribution in [0.25, 0.3) is 27.6 Å². The number of nitrogens with zero attached hydrogens (tertiary/aromatic N) is 6. The second-order valence-electron chi connectivity index (χ2n) is 8.42. The number of carbonyl (C=O) groups is 1. The van der Waals surface area contributed by atoms with Gasteiger partial charge in [0.2, 0.25) is 5.95 Å². The van der Waals surface area contributed by atoms with Crippen molar-refractivity contribution in [1.29, 1.82) is 0 Å². The highest BCUT2D eigenvalue weighted by molar-refractivity contribution is 7.13. The third-order valence-corrected chi connectivity index (χ3v) is 7.07. The minimum absolute atomic E-state index is 0.276. The van der Waals surface area contributed by atoms with Crippen LogP contribution < -0.4 is 5.32 Å². The second-order valence-corrected chi connectivity index (χ2v) is 9.28. The molecule has 5 heterocycles. The number of pyridine rings is 1. The van der Waals surface area contributed by atoms with Crippen molar-refractivity contribution < 1.29 is 9.90 Å². The van der Waals surface area contributed by atoms with Crippen LogP contribution in [0.5, 0.6) is 0 Å². The van der Waals surface area contributed by atoms with Crippen molar-refractivity contribution in [3.8, 4) is 22.0 Å². The molecule has 1 aliphatic heterocycles. The monoisotopic (exact) mass is 483 g/mol. The molecular weight excluding hydrogens is 462 g/mol. The number of amides is 1. The molecular formula is C25H21N7O2S. The van der Waals surface area contributed by atoms with Crippen LogP contribution in [0, 0.1) is 0 Å². The Kier molecular flexibility index (Phi) is 5.05. The molecule has 9 nitrogen and oxygen atoms in total. The van der Waals surface area contributed by atoms with Gasteiger partial charge in [0, 0.05) is 43.4 Å². The number of anilines is 2. The molecule has 5 aromatic rings. The van der Waals surface area contributed by atoms with Crippen molar-refractivity contribution in [1.82, 2.24) is 29.2 Å². The third kappa shape index (κ3) is 3.72. The largest absolute Gasteiger partial charge is 0.375 e. The predicted molar refractivity (Wildman–Crippen MR) is 133 cm³/mol. The first-order valence-electron chi connectivity index (χ1n) is 11.1. The van der Waals surface area contributed by atoms with Crippen molar-refractivity contribution in [2.75, 3.05) is 18.9 Å². The number of hydrogen-bond acceptors (Lipinski definition) is 8. The summed E-state index contributed by atoms with van der Waals surface area (Å²) >= 11 is 1.48. The zero-order valence-corrected chi connectivity index (χ0v) is 19.6. The smallest absolute Gasteiger partial charge is 0.258 e. The molecule has 0 bridgehead atoms. The fourth-order valence-corrected chi connectivity index (χ4v) is 5.07. The third-order valence-electron chi connectivity index (χ3n) is 6.18. The molecule has 10 heteroatoms. The number of hydrogen-bond donors (Lipinski definition) is 2. The first kappa shape index (κ1) is 21.4. The van der Waals surface area contributed by atoms with Gasteiger partial charge in [-0.25, -0.2) is 19.9 Å². The van der Waals surface area contributed by atoms with Crippen molar-refractivity contribution in [3.05, 3.63) is 78.1 Å². The summed E-state index contributed by atoms with van der Waals surface area (Å²) in [5.41, 5.74) is 2.16. The quantitative estimate of drug-likeness (QED) is 0.392. The zero-order chi connectivity index (χ0) is 24.0. The van der Waals surface area contributed by atoms with E-state index >= 15 is 0 Å². The number of likely N-dealkylation sites (tertiary alicyclic amines) is 1. The van der Waals surface area contributed by atoms with Crippen LogP contribution in [-0.2, 0) is 10.4 Å². The van der Waals surface area contributed by atoms with E-state index in [1.165, 1.54) is 11.3 Å². The SMILES string of the molecule is CN1CC[C@@](O)(c2cccc(-c3nc(-c4ccnc(Nc5cnc6ccccn56)n4)cs3)c2)C1=O. The summed E-state index contributed by atoms with van der Waals surface area (Å²) in [5, 5.41) is 16.9. The lowest BCUT2D eigenvalue weighted by Crippen LogP contribution is -2.36. The molecule has 1 aromatic carbocycles. The molecule has 1 aliphatic rings. The molecule has 4 aromatic heterocycles. The highest BCUT2D eigenvalue weighted by Gasteiger charge is 2.45. The van der Waals surface area contributed by atoms with Crippen LogP contribution in [0.2, 0.25) is 0 Å². The predicted octanol–water partition coefficient (Wildman–Crippen LogP) is 3.71. The highest BCUT2D eigenvalue weighted by atomic mass is 32.1. The average Bonchev–Trinajstić information content (AvgIpc) is 3.61. The molecule has 1 amide bonds. The van der Waals surface area contributed by atoms with E-state index in [0.29, 0.717) is 30.2 Å². The Bertz CT molecular complexity index is 1560. The Morgan fingerprint density at radius 1 is 1.09 bits per heavy atom. The lowest BCUT2D eigenvalue weighted by atomic mass is 9.91. The average molecular weight is 484 g/mol. The summed E-state index contributed by atoms with van der Waals surface area (Å²) in [6.07, 6.45) is 5.71. The number of aromatic nitrogens is 5. The van der Waals surface area contributed by atoms with E-state index in [0.717, 1.165) is 27.7 Å². The number of aliphatic hydroxyl groups is 1. The van der Waals surface area contributed by atoms with Gasteiger partial charge in [0.15, 0.2) is 5.60 Å². The highest BCUT2D eigenvalue weighted by Crippen LogP contribution is 2.36. The van der Waals surface area contributed by atoms with E-state index in [9.17, 15) is 9.90 Å². The molecule has 6 rings (SSSR count). The Morgan fingerprint density at radius 3 is 2.86 bits per heavy atom. The van der Waals surface area contributed by atoms with Gasteiger partial charge in [-0.15, -0.1) is 11.3 Å². The van der Waals surface area contributed by atoms with E-state index in [1.54, 1.807) is 30.4 Å². The Labute approximate surface area is 204 Å². The minimum Gasteiger partial charge on any atom is -0.375 e. The van der Waals surface area contributed by atoms with Crippen LogP contribution in [0.1, 0.15) is 12.0 Å². The summed E-state index contributed by atoms with van der Waals surface area (Å²) in [5.74, 6) is 0.927. The molecule has 35 heavy (non-hydrogen) atoms. The number of carbonyl (C=O) groups excluding carboxylic acids is 1. The van der Waals surface area contributed by atoms with Gasteiger partial charge in [0.05, 0.1) is 11.9 Å². The number of imidazole rings is 1. The van der Waals surface area contributed by atoms with E-state index < -0.39 is 5.60 Å². The van der Waals surface area contributed by atoms with Gasteiger partial charge < -0.3 is 15.3 Å². The van der Waals surface area contributed by atoms with Crippen LogP contribution in [0.15, 0.2) is 72.5 Å². The van der Waals surface area contributed by atoms with Crippen LogP contribution in [0.3, 0.4) is 0 Å². The summed E-state index contributed by atoms with van der Waals surface area (Å²) in [7, 11) is 1.71. The van der Waals surface area contributed by atoms with Gasteiger partial charge in [-0.2, -0.15) is 0 Å². The standard InChI is InChI=1S/C25H21N7O2S/c1-31-12-9-25(34,23(31)33)17-6-4-5-16(13-17)22-28-19(15-35-22)18-8-10-26-24(29-18)30-21-14-27-20-7-2-3-11-32(20)21/h2-8,10-11,13-15,34H,9,12H2,1H3,(H,26,29,30)/t25-/m1/s1. The van der Waals surface area contributed by atoms with E-state index in [1.807, 2.05) is 58.4 Å². The summed E-state index contributed by atoms with van der Waals surface area (Å²) in [6, 6.07) is 15.0. The number of rotatable bonds is 5. The molecule has 1 fully saturated rings. The number of benzene rings is 1. The van der Waals surface area contributed by atoms with Gasteiger partial charge >= 0.3 is 0 Å². The Balaban J connectivity index is 1.27. The number of thiazole rings is 1. The van der Waals surface area contributed by atoms with Crippen LogP contribution in [0.4, 0.5) is 11.8 Å². The molecule has 174 valence electrons. The zero-order valence-electron chi connectivity index (χ0n) is 18.8. The lowest BCUT2D eigenvalue weighted by Gasteiger charge is -2.21. The Morgan fingerprint density at radius 2 is 2.00 bits per heavy atom. The van der Waals surface area contributed by atoms with Gasteiger partial charge in [-0.05, 0) is 29.8 Å².